The van der Waals surface area contributed by atoms with Gasteiger partial charge >= 0.3 is 0 Å². The predicted molar refractivity (Wildman–Crippen MR) is 137 cm³/mol. The number of ether oxygens (including phenoxy) is 2. The minimum absolute atomic E-state index is 0.0776. The SMILES string of the molecule is CCOc1cc(/C=C(\C#N)C(=O)Nc2ccccc2Cl)cc(Br)c1OCc1ccccc1Br. The number of nitrogens with one attached hydrogen (secondary N) is 1. The second kappa shape index (κ2) is 11.9. The van der Waals surface area contributed by atoms with Crippen LogP contribution < -0.4 is 14.8 Å². The Morgan fingerprint density at radius 2 is 1.82 bits per heavy atom. The number of halogens is 3. The van der Waals surface area contributed by atoms with E-state index < -0.39 is 5.91 Å². The number of anilines is 1. The monoisotopic (exact) mass is 588 g/mol. The van der Waals surface area contributed by atoms with Crippen LogP contribution in [0.3, 0.4) is 0 Å². The van der Waals surface area contributed by atoms with Crippen LogP contribution in [0.2, 0.25) is 5.02 Å². The van der Waals surface area contributed by atoms with Crippen LogP contribution in [0.4, 0.5) is 5.69 Å². The predicted octanol–water partition coefficient (Wildman–Crippen LogP) is 7.39. The van der Waals surface area contributed by atoms with E-state index in [2.05, 4.69) is 37.2 Å². The first-order valence-corrected chi connectivity index (χ1v) is 11.9. The zero-order valence-electron chi connectivity index (χ0n) is 17.6. The van der Waals surface area contributed by atoms with Gasteiger partial charge < -0.3 is 14.8 Å². The molecule has 0 fully saturated rings. The Morgan fingerprint density at radius 3 is 2.52 bits per heavy atom. The second-order valence-electron chi connectivity index (χ2n) is 6.75. The van der Waals surface area contributed by atoms with Crippen molar-refractivity contribution in [1.82, 2.24) is 0 Å². The number of amides is 1. The number of para-hydroxylation sites is 1. The Kier molecular flexibility index (Phi) is 8.95. The van der Waals surface area contributed by atoms with Crippen molar-refractivity contribution >= 4 is 61.1 Å². The lowest BCUT2D eigenvalue weighted by Gasteiger charge is -2.15. The third kappa shape index (κ3) is 6.61. The lowest BCUT2D eigenvalue weighted by atomic mass is 10.1. The van der Waals surface area contributed by atoms with Gasteiger partial charge in [-0.25, -0.2) is 0 Å². The van der Waals surface area contributed by atoms with Crippen molar-refractivity contribution in [3.63, 3.8) is 0 Å². The van der Waals surface area contributed by atoms with Gasteiger partial charge in [-0.15, -0.1) is 0 Å². The van der Waals surface area contributed by atoms with Gasteiger partial charge in [0, 0.05) is 10.0 Å². The first-order chi connectivity index (χ1) is 15.9. The van der Waals surface area contributed by atoms with Crippen molar-refractivity contribution < 1.29 is 14.3 Å². The zero-order valence-corrected chi connectivity index (χ0v) is 21.5. The highest BCUT2D eigenvalue weighted by Gasteiger charge is 2.15. The molecule has 3 aromatic carbocycles. The second-order valence-corrected chi connectivity index (χ2v) is 8.86. The lowest BCUT2D eigenvalue weighted by molar-refractivity contribution is -0.112. The first kappa shape index (κ1) is 24.8. The van der Waals surface area contributed by atoms with E-state index in [9.17, 15) is 10.1 Å². The number of nitrogens with zero attached hydrogens (tertiary/aromatic N) is 1. The van der Waals surface area contributed by atoms with Crippen molar-refractivity contribution in [1.29, 1.82) is 5.26 Å². The molecule has 0 aliphatic carbocycles. The molecule has 0 saturated heterocycles. The average molecular weight is 591 g/mol. The smallest absolute Gasteiger partial charge is 0.266 e. The number of nitriles is 1. The van der Waals surface area contributed by atoms with Gasteiger partial charge in [0.25, 0.3) is 5.91 Å². The van der Waals surface area contributed by atoms with Gasteiger partial charge in [0.15, 0.2) is 11.5 Å². The average Bonchev–Trinajstić information content (AvgIpc) is 2.79. The third-order valence-electron chi connectivity index (χ3n) is 4.46. The van der Waals surface area contributed by atoms with Gasteiger partial charge in [-0.3, -0.25) is 4.79 Å². The van der Waals surface area contributed by atoms with Crippen LogP contribution in [0.15, 0.2) is 75.2 Å². The highest BCUT2D eigenvalue weighted by molar-refractivity contribution is 9.10. The third-order valence-corrected chi connectivity index (χ3v) is 6.15. The van der Waals surface area contributed by atoms with E-state index >= 15 is 0 Å². The molecule has 0 saturated carbocycles. The lowest BCUT2D eigenvalue weighted by Crippen LogP contribution is -2.13. The normalized spacial score (nSPS) is 10.9. The summed E-state index contributed by atoms with van der Waals surface area (Å²) in [6.07, 6.45) is 1.48. The van der Waals surface area contributed by atoms with Gasteiger partial charge in [-0.1, -0.05) is 57.9 Å². The molecule has 1 N–H and O–H groups in total. The molecule has 33 heavy (non-hydrogen) atoms. The molecule has 1 amide bonds. The number of hydrogen-bond acceptors (Lipinski definition) is 4. The molecule has 3 rings (SSSR count). The summed E-state index contributed by atoms with van der Waals surface area (Å²) in [7, 11) is 0. The van der Waals surface area contributed by atoms with Crippen LogP contribution >= 0.6 is 43.5 Å². The summed E-state index contributed by atoms with van der Waals surface area (Å²) in [5, 5.41) is 12.6. The Hall–Kier alpha value is -2.79. The summed E-state index contributed by atoms with van der Waals surface area (Å²) in [6.45, 7) is 2.62. The maximum Gasteiger partial charge on any atom is 0.266 e. The van der Waals surface area contributed by atoms with Crippen molar-refractivity contribution in [2.24, 2.45) is 0 Å². The molecular weight excluding hydrogens is 572 g/mol. The largest absolute Gasteiger partial charge is 0.490 e. The van der Waals surface area contributed by atoms with Crippen LogP contribution in [0.5, 0.6) is 11.5 Å². The molecule has 0 bridgehead atoms. The molecule has 0 unspecified atom stereocenters. The van der Waals surface area contributed by atoms with Crippen molar-refractivity contribution in [3.05, 3.63) is 91.3 Å². The van der Waals surface area contributed by atoms with Crippen molar-refractivity contribution in [2.75, 3.05) is 11.9 Å². The molecule has 0 aliphatic rings. The fourth-order valence-electron chi connectivity index (χ4n) is 2.91. The molecular formula is C25H19Br2ClN2O3. The minimum atomic E-state index is -0.561. The Balaban J connectivity index is 1.87. The number of carbonyl (C=O) groups excluding carboxylic acids is 1. The molecule has 0 spiro atoms. The van der Waals surface area contributed by atoms with Crippen LogP contribution in [-0.2, 0) is 11.4 Å². The van der Waals surface area contributed by atoms with Gasteiger partial charge in [-0.05, 0) is 64.8 Å². The Bertz CT molecular complexity index is 1240. The molecule has 0 heterocycles. The Morgan fingerprint density at radius 1 is 1.09 bits per heavy atom. The van der Waals surface area contributed by atoms with Crippen LogP contribution in [0, 0.1) is 11.3 Å². The summed E-state index contributed by atoms with van der Waals surface area (Å²) in [4.78, 5) is 12.6. The minimum Gasteiger partial charge on any atom is -0.490 e. The van der Waals surface area contributed by atoms with Gasteiger partial charge in [0.1, 0.15) is 18.2 Å². The zero-order chi connectivity index (χ0) is 23.8. The summed E-state index contributed by atoms with van der Waals surface area (Å²) in [5.74, 6) is 0.465. The summed E-state index contributed by atoms with van der Waals surface area (Å²) in [6, 6.07) is 20.0. The molecule has 0 radical (unpaired) electrons. The number of benzene rings is 3. The quantitative estimate of drug-likeness (QED) is 0.219. The van der Waals surface area contributed by atoms with E-state index in [1.54, 1.807) is 36.4 Å². The van der Waals surface area contributed by atoms with E-state index in [0.717, 1.165) is 10.0 Å². The summed E-state index contributed by atoms with van der Waals surface area (Å²) < 4.78 is 13.4. The van der Waals surface area contributed by atoms with Crippen molar-refractivity contribution in [2.45, 2.75) is 13.5 Å². The molecule has 8 heteroatoms. The van der Waals surface area contributed by atoms with Crippen LogP contribution in [-0.4, -0.2) is 12.5 Å². The molecule has 168 valence electrons. The number of rotatable bonds is 8. The maximum absolute atomic E-state index is 12.6. The summed E-state index contributed by atoms with van der Waals surface area (Å²) in [5.41, 5.74) is 1.94. The van der Waals surface area contributed by atoms with Crippen LogP contribution in [0.1, 0.15) is 18.1 Å². The highest BCUT2D eigenvalue weighted by atomic mass is 79.9. The maximum atomic E-state index is 12.6. The topological polar surface area (TPSA) is 71.3 Å². The standard InChI is InChI=1S/C25H19Br2ClN2O3/c1-2-32-23-13-16(11-18(14-29)25(31)30-22-10-6-5-9-21(22)28)12-20(27)24(23)33-15-17-7-3-4-8-19(17)26/h3-13H,2,15H2,1H3,(H,30,31)/b18-11+. The highest BCUT2D eigenvalue weighted by Crippen LogP contribution is 2.38. The first-order valence-electron chi connectivity index (χ1n) is 9.93. The number of hydrogen-bond donors (Lipinski definition) is 1. The fourth-order valence-corrected chi connectivity index (χ4v) is 4.06. The molecule has 0 aliphatic heterocycles. The van der Waals surface area contributed by atoms with E-state index in [1.807, 2.05) is 37.3 Å². The van der Waals surface area contributed by atoms with Gasteiger partial charge in [0.2, 0.25) is 0 Å². The molecule has 5 nitrogen and oxygen atoms in total. The van der Waals surface area contributed by atoms with E-state index in [4.69, 9.17) is 21.1 Å². The molecule has 0 aromatic heterocycles. The van der Waals surface area contributed by atoms with Crippen molar-refractivity contribution in [3.8, 4) is 17.6 Å². The Labute approximate surface area is 214 Å². The molecule has 0 atom stereocenters. The number of carbonyl (C=O) groups is 1. The van der Waals surface area contributed by atoms with Crippen LogP contribution in [0.25, 0.3) is 6.08 Å². The van der Waals surface area contributed by atoms with E-state index in [0.29, 0.717) is 45.5 Å². The van der Waals surface area contributed by atoms with Gasteiger partial charge in [0.05, 0.1) is 21.8 Å². The summed E-state index contributed by atoms with van der Waals surface area (Å²) >= 11 is 13.1. The fraction of sp³-hybridized carbons (Fsp3) is 0.120. The van der Waals surface area contributed by atoms with Gasteiger partial charge in [-0.2, -0.15) is 5.26 Å². The molecule has 3 aromatic rings. The van der Waals surface area contributed by atoms with E-state index in [-0.39, 0.29) is 5.57 Å². The van der Waals surface area contributed by atoms with E-state index in [1.165, 1.54) is 6.08 Å².